The average molecular weight is 387 g/mol. The van der Waals surface area contributed by atoms with Crippen LogP contribution in [0, 0.1) is 0 Å². The fourth-order valence-electron chi connectivity index (χ4n) is 2.43. The van der Waals surface area contributed by atoms with Gasteiger partial charge >= 0.3 is 0 Å². The maximum Gasteiger partial charge on any atom is 0.168 e. The normalized spacial score (nSPS) is 11.1. The van der Waals surface area contributed by atoms with Gasteiger partial charge in [0.25, 0.3) is 0 Å². The molecule has 1 aromatic heterocycles. The zero-order chi connectivity index (χ0) is 18.7. The molecule has 132 valence electrons. The molecule has 0 radical (unpaired) electrons. The second kappa shape index (κ2) is 7.72. The lowest BCUT2D eigenvalue weighted by atomic mass is 10.1. The number of nitrogens with zero attached hydrogens (tertiary/aromatic N) is 4. The van der Waals surface area contributed by atoms with Gasteiger partial charge in [-0.15, -0.1) is 0 Å². The molecule has 0 unspecified atom stereocenters. The van der Waals surface area contributed by atoms with Gasteiger partial charge in [-0.3, -0.25) is 4.79 Å². The predicted molar refractivity (Wildman–Crippen MR) is 106 cm³/mol. The van der Waals surface area contributed by atoms with E-state index in [2.05, 4.69) is 10.1 Å². The Balaban J connectivity index is 2.25. The summed E-state index contributed by atoms with van der Waals surface area (Å²) in [5, 5.41) is 5.80. The van der Waals surface area contributed by atoms with E-state index in [0.717, 1.165) is 11.8 Å². The van der Waals surface area contributed by atoms with Gasteiger partial charge in [0.15, 0.2) is 12.1 Å². The van der Waals surface area contributed by atoms with Gasteiger partial charge in [0.1, 0.15) is 5.69 Å². The Morgan fingerprint density at radius 3 is 2.42 bits per heavy atom. The molecule has 3 rings (SSSR count). The highest BCUT2D eigenvalue weighted by Crippen LogP contribution is 2.32. The molecular weight excluding hydrogens is 371 g/mol. The number of aromatic nitrogens is 2. The summed E-state index contributed by atoms with van der Waals surface area (Å²) in [6, 6.07) is 14.4. The highest BCUT2D eigenvalue weighted by atomic mass is 35.5. The molecule has 0 spiro atoms. The van der Waals surface area contributed by atoms with Gasteiger partial charge in [0.2, 0.25) is 0 Å². The van der Waals surface area contributed by atoms with Crippen molar-refractivity contribution >= 4 is 41.6 Å². The number of aldehydes is 1. The average Bonchev–Trinajstić information content (AvgIpc) is 2.99. The Bertz CT molecular complexity index is 962. The molecule has 0 aliphatic carbocycles. The number of hydrogen-bond donors (Lipinski definition) is 0. The lowest BCUT2D eigenvalue weighted by Gasteiger charge is -2.06. The third-order valence-corrected chi connectivity index (χ3v) is 4.08. The van der Waals surface area contributed by atoms with Crippen molar-refractivity contribution in [2.75, 3.05) is 14.1 Å². The van der Waals surface area contributed by atoms with Crippen LogP contribution in [-0.4, -0.2) is 41.4 Å². The van der Waals surface area contributed by atoms with E-state index < -0.39 is 0 Å². The van der Waals surface area contributed by atoms with Crippen molar-refractivity contribution in [3.05, 3.63) is 64.1 Å². The summed E-state index contributed by atoms with van der Waals surface area (Å²) in [7, 11) is 3.70. The lowest BCUT2D eigenvalue weighted by Crippen LogP contribution is -2.07. The summed E-state index contributed by atoms with van der Waals surface area (Å²) >= 11 is 12.1. The van der Waals surface area contributed by atoms with Gasteiger partial charge < -0.3 is 4.90 Å². The number of carbonyl (C=O) groups excluding carboxylic acids is 1. The molecule has 0 saturated carbocycles. The molecular formula is C19H16Cl2N4O. The van der Waals surface area contributed by atoms with Crippen LogP contribution in [0.2, 0.25) is 10.0 Å². The van der Waals surface area contributed by atoms with Crippen LogP contribution in [0.5, 0.6) is 0 Å². The van der Waals surface area contributed by atoms with E-state index in [1.165, 1.54) is 0 Å². The van der Waals surface area contributed by atoms with Crippen molar-refractivity contribution in [3.8, 4) is 16.9 Å². The fourth-order valence-corrected chi connectivity index (χ4v) is 2.74. The van der Waals surface area contributed by atoms with Gasteiger partial charge in [-0.25, -0.2) is 9.67 Å². The third-order valence-electron chi connectivity index (χ3n) is 3.60. The summed E-state index contributed by atoms with van der Waals surface area (Å²) in [5.41, 5.74) is 2.42. The quantitative estimate of drug-likeness (QED) is 0.356. The molecule has 0 fully saturated rings. The van der Waals surface area contributed by atoms with Gasteiger partial charge in [0.05, 0.1) is 17.6 Å². The van der Waals surface area contributed by atoms with Crippen LogP contribution in [-0.2, 0) is 0 Å². The van der Waals surface area contributed by atoms with Crippen LogP contribution in [0.25, 0.3) is 16.9 Å². The van der Waals surface area contributed by atoms with Crippen LogP contribution in [0.1, 0.15) is 10.4 Å². The van der Waals surface area contributed by atoms with Crippen molar-refractivity contribution in [2.45, 2.75) is 0 Å². The second-order valence-corrected chi connectivity index (χ2v) is 6.68. The molecule has 5 nitrogen and oxygen atoms in total. The Hall–Kier alpha value is -2.63. The number of rotatable bonds is 5. The maximum absolute atomic E-state index is 11.9. The van der Waals surface area contributed by atoms with Crippen LogP contribution in [0.3, 0.4) is 0 Å². The third kappa shape index (κ3) is 3.79. The molecule has 0 atom stereocenters. The highest BCUT2D eigenvalue weighted by molar-refractivity contribution is 6.31. The summed E-state index contributed by atoms with van der Waals surface area (Å²) in [6.07, 6.45) is 2.39. The van der Waals surface area contributed by atoms with Gasteiger partial charge in [-0.05, 0) is 30.3 Å². The van der Waals surface area contributed by atoms with Crippen LogP contribution >= 0.6 is 23.2 Å². The molecule has 1 heterocycles. The molecule has 7 heteroatoms. The first-order valence-corrected chi connectivity index (χ1v) is 8.56. The largest absolute Gasteiger partial charge is 0.369 e. The molecule has 0 amide bonds. The number of benzene rings is 2. The van der Waals surface area contributed by atoms with Crippen molar-refractivity contribution < 1.29 is 4.79 Å². The molecule has 2 aromatic carbocycles. The van der Waals surface area contributed by atoms with E-state index in [1.54, 1.807) is 40.2 Å². The van der Waals surface area contributed by atoms with E-state index in [-0.39, 0.29) is 0 Å². The van der Waals surface area contributed by atoms with Crippen molar-refractivity contribution in [3.63, 3.8) is 0 Å². The SMILES string of the molecule is CN(C)/C=N\c1c(C=O)c(-c2ccc(Cl)cc2)nn1-c1cccc(Cl)c1. The number of hydrogen-bond acceptors (Lipinski definition) is 3. The van der Waals surface area contributed by atoms with Gasteiger partial charge in [0, 0.05) is 29.7 Å². The van der Waals surface area contributed by atoms with E-state index in [0.29, 0.717) is 32.8 Å². The van der Waals surface area contributed by atoms with Crippen LogP contribution < -0.4 is 0 Å². The number of halogens is 2. The lowest BCUT2D eigenvalue weighted by molar-refractivity contribution is 0.112. The fraction of sp³-hybridized carbons (Fsp3) is 0.105. The summed E-state index contributed by atoms with van der Waals surface area (Å²) < 4.78 is 1.61. The topological polar surface area (TPSA) is 50.5 Å². The van der Waals surface area contributed by atoms with Crippen LogP contribution in [0.15, 0.2) is 53.5 Å². The standard InChI is InChI=1S/C19H16Cl2N4O/c1-24(2)12-22-19-17(11-26)18(13-6-8-14(20)9-7-13)23-25(19)16-5-3-4-15(21)10-16/h3-12H,1-2H3/b22-12-. The Morgan fingerprint density at radius 1 is 1.08 bits per heavy atom. The molecule has 3 aromatic rings. The molecule has 0 saturated heterocycles. The van der Waals surface area contributed by atoms with E-state index in [9.17, 15) is 4.79 Å². The zero-order valence-electron chi connectivity index (χ0n) is 14.2. The second-order valence-electron chi connectivity index (χ2n) is 5.81. The van der Waals surface area contributed by atoms with Crippen molar-refractivity contribution in [1.82, 2.24) is 14.7 Å². The zero-order valence-corrected chi connectivity index (χ0v) is 15.7. The Morgan fingerprint density at radius 2 is 1.81 bits per heavy atom. The molecule has 0 aliphatic heterocycles. The number of carbonyl (C=O) groups is 1. The molecule has 0 N–H and O–H groups in total. The highest BCUT2D eigenvalue weighted by Gasteiger charge is 2.19. The molecule has 0 aliphatic rings. The first kappa shape index (κ1) is 18.2. The Kier molecular flexibility index (Phi) is 5.40. The first-order chi connectivity index (χ1) is 12.5. The monoisotopic (exact) mass is 386 g/mol. The molecule has 26 heavy (non-hydrogen) atoms. The minimum atomic E-state index is 0.394. The first-order valence-electron chi connectivity index (χ1n) is 7.80. The smallest absolute Gasteiger partial charge is 0.168 e. The van der Waals surface area contributed by atoms with E-state index in [4.69, 9.17) is 23.2 Å². The van der Waals surface area contributed by atoms with Gasteiger partial charge in [-0.2, -0.15) is 5.10 Å². The predicted octanol–water partition coefficient (Wildman–Crippen LogP) is 4.88. The minimum Gasteiger partial charge on any atom is -0.369 e. The maximum atomic E-state index is 11.9. The molecule has 0 bridgehead atoms. The summed E-state index contributed by atoms with van der Waals surface area (Å²) in [6.45, 7) is 0. The van der Waals surface area contributed by atoms with Crippen molar-refractivity contribution in [2.24, 2.45) is 4.99 Å². The summed E-state index contributed by atoms with van der Waals surface area (Å²) in [5.74, 6) is 0.431. The van der Waals surface area contributed by atoms with Crippen LogP contribution in [0.4, 0.5) is 5.82 Å². The van der Waals surface area contributed by atoms with E-state index >= 15 is 0 Å². The number of aliphatic imine (C=N–C) groups is 1. The van der Waals surface area contributed by atoms with Gasteiger partial charge in [-0.1, -0.05) is 41.4 Å². The minimum absolute atomic E-state index is 0.394. The van der Waals surface area contributed by atoms with Crippen molar-refractivity contribution in [1.29, 1.82) is 0 Å². The Labute approximate surface area is 161 Å². The summed E-state index contributed by atoms with van der Waals surface area (Å²) in [4.78, 5) is 18.1. The van der Waals surface area contributed by atoms with E-state index in [1.807, 2.05) is 38.4 Å².